The second-order valence-corrected chi connectivity index (χ2v) is 10.8. The van der Waals surface area contributed by atoms with Gasteiger partial charge in [0.15, 0.2) is 5.82 Å². The van der Waals surface area contributed by atoms with Crippen LogP contribution in [-0.2, 0) is 4.74 Å². The molecule has 1 aliphatic carbocycles. The molecule has 2 aromatic heterocycles. The van der Waals surface area contributed by atoms with Gasteiger partial charge in [-0.3, -0.25) is 4.90 Å². The smallest absolute Gasteiger partial charge is 0.157 e. The number of rotatable bonds is 4. The van der Waals surface area contributed by atoms with Crippen molar-refractivity contribution in [2.45, 2.75) is 62.1 Å². The van der Waals surface area contributed by atoms with E-state index in [4.69, 9.17) is 17.4 Å². The molecule has 6 rings (SSSR count). The minimum atomic E-state index is -0.998. The van der Waals surface area contributed by atoms with Gasteiger partial charge in [0.05, 0.1) is 37.1 Å². The molecule has 180 valence electrons. The van der Waals surface area contributed by atoms with Crippen LogP contribution >= 0.6 is 12.6 Å². The van der Waals surface area contributed by atoms with E-state index in [9.17, 15) is 5.11 Å². The second-order valence-electron chi connectivity index (χ2n) is 10.1. The van der Waals surface area contributed by atoms with E-state index >= 15 is 4.39 Å². The standard InChI is InChI=1S/C25H30FN5O2S/c1-13-3-16-8-27-31(24-7-21(28-14(2)29-24)15-4-18(32)5-15)22(16)6-19(13)25-20(26)9-30(10-23(25)34)17-11-33-12-17/h3,6-8,15,17-18,20,23,25,32,34H,4-5,9-12H2,1-2H3/t15-,18-,20?,23-,25?/m1/s1. The van der Waals surface area contributed by atoms with Gasteiger partial charge in [0.25, 0.3) is 0 Å². The molecule has 4 heterocycles. The quantitative estimate of drug-likeness (QED) is 0.556. The van der Waals surface area contributed by atoms with E-state index in [0.717, 1.165) is 47.1 Å². The average Bonchev–Trinajstić information content (AvgIpc) is 3.12. The maximum absolute atomic E-state index is 15.6. The van der Waals surface area contributed by atoms with Gasteiger partial charge < -0.3 is 9.84 Å². The lowest BCUT2D eigenvalue weighted by Crippen LogP contribution is -2.57. The van der Waals surface area contributed by atoms with Crippen molar-refractivity contribution in [1.29, 1.82) is 0 Å². The van der Waals surface area contributed by atoms with Gasteiger partial charge in [-0.25, -0.2) is 19.0 Å². The number of aliphatic hydroxyl groups is 1. The summed E-state index contributed by atoms with van der Waals surface area (Å²) in [6.07, 6.45) is 2.05. The highest BCUT2D eigenvalue weighted by atomic mass is 32.1. The van der Waals surface area contributed by atoms with E-state index in [1.165, 1.54) is 0 Å². The third-order valence-corrected chi connectivity index (χ3v) is 8.16. The normalized spacial score (nSPS) is 30.3. The molecule has 0 spiro atoms. The molecular formula is C25H30FN5O2S. The summed E-state index contributed by atoms with van der Waals surface area (Å²) in [6, 6.07) is 6.44. The zero-order chi connectivity index (χ0) is 23.6. The van der Waals surface area contributed by atoms with Gasteiger partial charge in [-0.1, -0.05) is 0 Å². The first kappa shape index (κ1) is 22.4. The number of thiol groups is 1. The Kier molecular flexibility index (Phi) is 5.63. The van der Waals surface area contributed by atoms with Gasteiger partial charge >= 0.3 is 0 Å². The van der Waals surface area contributed by atoms with Crippen LogP contribution in [0.25, 0.3) is 16.7 Å². The third-order valence-electron chi connectivity index (χ3n) is 7.68. The van der Waals surface area contributed by atoms with Crippen molar-refractivity contribution in [2.75, 3.05) is 26.3 Å². The number of aryl methyl sites for hydroxylation is 2. The fourth-order valence-corrected chi connectivity index (χ4v) is 6.17. The molecule has 3 fully saturated rings. The third kappa shape index (κ3) is 3.82. The van der Waals surface area contributed by atoms with Crippen molar-refractivity contribution in [1.82, 2.24) is 24.6 Å². The number of nitrogens with zero attached hydrogens (tertiary/aromatic N) is 5. The van der Waals surface area contributed by atoms with E-state index in [0.29, 0.717) is 37.4 Å². The molecule has 0 bridgehead atoms. The lowest BCUT2D eigenvalue weighted by molar-refractivity contribution is -0.0795. The number of hydrogen-bond donors (Lipinski definition) is 2. The SMILES string of the molecule is Cc1nc(-n2ncc3cc(C)c(C4C(F)CN(C5COC5)C[C@H]4S)cc32)cc([C@H]2C[C@H](O)C2)n1. The Morgan fingerprint density at radius 1 is 1.12 bits per heavy atom. The Hall–Kier alpha value is -2.07. The van der Waals surface area contributed by atoms with E-state index in [1.807, 2.05) is 30.8 Å². The van der Waals surface area contributed by atoms with Gasteiger partial charge in [0.2, 0.25) is 0 Å². The second kappa shape index (κ2) is 8.55. The van der Waals surface area contributed by atoms with E-state index in [2.05, 4.69) is 32.1 Å². The van der Waals surface area contributed by atoms with Gasteiger partial charge in [0, 0.05) is 47.3 Å². The number of likely N-dealkylation sites (tertiary alicyclic amines) is 1. The first-order valence-corrected chi connectivity index (χ1v) is 12.5. The Labute approximate surface area is 203 Å². The van der Waals surface area contributed by atoms with Crippen LogP contribution < -0.4 is 0 Å². The van der Waals surface area contributed by atoms with E-state index in [-0.39, 0.29) is 23.2 Å². The van der Waals surface area contributed by atoms with Crippen LogP contribution in [0, 0.1) is 13.8 Å². The molecule has 1 N–H and O–H groups in total. The molecule has 2 aliphatic heterocycles. The fraction of sp³-hybridized carbons (Fsp3) is 0.560. The highest BCUT2D eigenvalue weighted by Gasteiger charge is 2.41. The molecule has 34 heavy (non-hydrogen) atoms. The van der Waals surface area contributed by atoms with Crippen LogP contribution in [0.15, 0.2) is 24.4 Å². The first-order valence-electron chi connectivity index (χ1n) is 12.0. The number of alkyl halides is 1. The summed E-state index contributed by atoms with van der Waals surface area (Å²) in [6.45, 7) is 6.45. The largest absolute Gasteiger partial charge is 0.393 e. The van der Waals surface area contributed by atoms with E-state index < -0.39 is 6.17 Å². The molecule has 3 aromatic rings. The minimum absolute atomic E-state index is 0.102. The first-order chi connectivity index (χ1) is 16.4. The van der Waals surface area contributed by atoms with Gasteiger partial charge in [-0.15, -0.1) is 0 Å². The van der Waals surface area contributed by atoms with Gasteiger partial charge in [-0.2, -0.15) is 17.7 Å². The number of piperidine rings is 1. The van der Waals surface area contributed by atoms with Crippen LogP contribution in [0.5, 0.6) is 0 Å². The summed E-state index contributed by atoms with van der Waals surface area (Å²) in [5, 5.41) is 15.2. The highest BCUT2D eigenvalue weighted by molar-refractivity contribution is 7.81. The monoisotopic (exact) mass is 483 g/mol. The topological polar surface area (TPSA) is 76.3 Å². The zero-order valence-corrected chi connectivity index (χ0v) is 20.3. The summed E-state index contributed by atoms with van der Waals surface area (Å²) in [5.74, 6) is 1.34. The van der Waals surface area contributed by atoms with Crippen LogP contribution in [0.4, 0.5) is 4.39 Å². The maximum Gasteiger partial charge on any atom is 0.157 e. The lowest BCUT2D eigenvalue weighted by atomic mass is 9.80. The van der Waals surface area contributed by atoms with E-state index in [1.54, 1.807) is 0 Å². The Morgan fingerprint density at radius 3 is 2.59 bits per heavy atom. The molecule has 2 saturated heterocycles. The molecule has 0 amide bonds. The Morgan fingerprint density at radius 2 is 1.91 bits per heavy atom. The number of aromatic nitrogens is 4. The van der Waals surface area contributed by atoms with Crippen LogP contribution in [0.3, 0.4) is 0 Å². The minimum Gasteiger partial charge on any atom is -0.393 e. The van der Waals surface area contributed by atoms with Crippen molar-refractivity contribution in [3.8, 4) is 5.82 Å². The van der Waals surface area contributed by atoms with Gasteiger partial charge in [0.1, 0.15) is 12.0 Å². The molecule has 3 atom stereocenters. The lowest BCUT2D eigenvalue weighted by Gasteiger charge is -2.45. The number of benzene rings is 1. The molecule has 7 nitrogen and oxygen atoms in total. The average molecular weight is 484 g/mol. The number of fused-ring (bicyclic) bond motifs is 1. The molecule has 3 aliphatic rings. The molecule has 1 saturated carbocycles. The molecule has 2 unspecified atom stereocenters. The van der Waals surface area contributed by atoms with Crippen LogP contribution in [-0.4, -0.2) is 79.6 Å². The zero-order valence-electron chi connectivity index (χ0n) is 19.4. The maximum atomic E-state index is 15.6. The summed E-state index contributed by atoms with van der Waals surface area (Å²) in [4.78, 5) is 11.4. The highest BCUT2D eigenvalue weighted by Crippen LogP contribution is 2.39. The van der Waals surface area contributed by atoms with Gasteiger partial charge in [-0.05, 0) is 49.9 Å². The molecule has 1 aromatic carbocycles. The Bertz CT molecular complexity index is 1210. The van der Waals surface area contributed by atoms with Crippen LogP contribution in [0.1, 0.15) is 47.3 Å². The van der Waals surface area contributed by atoms with Crippen LogP contribution in [0.2, 0.25) is 0 Å². The van der Waals surface area contributed by atoms with Crippen molar-refractivity contribution < 1.29 is 14.2 Å². The number of halogens is 1. The fourth-order valence-electron chi connectivity index (χ4n) is 5.61. The summed E-state index contributed by atoms with van der Waals surface area (Å²) in [5.41, 5.74) is 3.89. The predicted octanol–water partition coefficient (Wildman–Crippen LogP) is 3.11. The predicted molar refractivity (Wildman–Crippen MR) is 131 cm³/mol. The van der Waals surface area contributed by atoms with Crippen molar-refractivity contribution in [3.05, 3.63) is 47.0 Å². The summed E-state index contributed by atoms with van der Waals surface area (Å²) < 4.78 is 22.7. The molecular weight excluding hydrogens is 453 g/mol. The van der Waals surface area contributed by atoms with Crippen molar-refractivity contribution >= 4 is 23.5 Å². The Balaban J connectivity index is 1.36. The number of aliphatic hydroxyl groups excluding tert-OH is 1. The molecule has 9 heteroatoms. The number of ether oxygens (including phenoxy) is 1. The summed E-state index contributed by atoms with van der Waals surface area (Å²) >= 11 is 4.85. The van der Waals surface area contributed by atoms with Crippen molar-refractivity contribution in [2.24, 2.45) is 0 Å². The summed E-state index contributed by atoms with van der Waals surface area (Å²) in [7, 11) is 0. The molecule has 0 radical (unpaired) electrons. The number of hydrogen-bond acceptors (Lipinski definition) is 7. The van der Waals surface area contributed by atoms with Crippen molar-refractivity contribution in [3.63, 3.8) is 0 Å².